The molecule has 3 N–H and O–H groups in total. The summed E-state index contributed by atoms with van der Waals surface area (Å²) in [4.78, 5) is 21.6. The number of urea groups is 1. The highest BCUT2D eigenvalue weighted by atomic mass is 35.5. The van der Waals surface area contributed by atoms with Gasteiger partial charge in [-0.05, 0) is 24.3 Å². The number of H-pyrrole nitrogens is 1. The van der Waals surface area contributed by atoms with Gasteiger partial charge in [0.05, 0.1) is 22.6 Å². The third-order valence-electron chi connectivity index (χ3n) is 5.17. The fraction of sp³-hybridized carbons (Fsp3) is 0.300. The van der Waals surface area contributed by atoms with E-state index < -0.39 is 18.4 Å². The van der Waals surface area contributed by atoms with Crippen molar-refractivity contribution in [3.05, 3.63) is 46.7 Å². The number of alkyl halides is 2. The summed E-state index contributed by atoms with van der Waals surface area (Å²) in [7, 11) is 0. The van der Waals surface area contributed by atoms with Gasteiger partial charge in [0.15, 0.2) is 0 Å². The van der Waals surface area contributed by atoms with Gasteiger partial charge < -0.3 is 20.5 Å². The molecule has 1 aliphatic rings. The van der Waals surface area contributed by atoms with Crippen LogP contribution in [0, 0.1) is 0 Å². The van der Waals surface area contributed by atoms with Gasteiger partial charge in [0.2, 0.25) is 0 Å². The Morgan fingerprint density at radius 2 is 2.00 bits per heavy atom. The highest BCUT2D eigenvalue weighted by molar-refractivity contribution is 6.33. The number of nitrogens with one attached hydrogen (secondary N) is 3. The Balaban J connectivity index is 1.42. The van der Waals surface area contributed by atoms with Crippen LogP contribution in [0.5, 0.6) is 0 Å². The van der Waals surface area contributed by atoms with Crippen molar-refractivity contribution in [2.45, 2.75) is 18.5 Å². The van der Waals surface area contributed by atoms with E-state index in [0.717, 1.165) is 10.9 Å². The average molecular weight is 454 g/mol. The van der Waals surface area contributed by atoms with Crippen LogP contribution in [0.1, 0.15) is 12.8 Å². The van der Waals surface area contributed by atoms with E-state index in [1.165, 1.54) is 6.20 Å². The van der Waals surface area contributed by atoms with Crippen LogP contribution in [0.25, 0.3) is 10.9 Å². The predicted molar refractivity (Wildman–Crippen MR) is 116 cm³/mol. The van der Waals surface area contributed by atoms with Crippen molar-refractivity contribution in [1.29, 1.82) is 0 Å². The van der Waals surface area contributed by atoms with E-state index in [9.17, 15) is 13.6 Å². The van der Waals surface area contributed by atoms with Crippen molar-refractivity contribution in [2.24, 2.45) is 0 Å². The number of aromatic nitrogens is 2. The zero-order chi connectivity index (χ0) is 21.3. The zero-order valence-electron chi connectivity index (χ0n) is 15.8. The van der Waals surface area contributed by atoms with Crippen LogP contribution < -0.4 is 15.5 Å². The lowest BCUT2D eigenvalue weighted by molar-refractivity contribution is 0.0895. The number of halogens is 4. The number of carbonyl (C=O) groups is 1. The summed E-state index contributed by atoms with van der Waals surface area (Å²) in [6.45, 7) is -0.338. The van der Waals surface area contributed by atoms with E-state index in [0.29, 0.717) is 40.3 Å². The summed E-state index contributed by atoms with van der Waals surface area (Å²) in [5.41, 5.74) is 0.0569. The van der Waals surface area contributed by atoms with Crippen LogP contribution in [0.3, 0.4) is 0 Å². The van der Waals surface area contributed by atoms with Crippen LogP contribution in [0.4, 0.5) is 30.8 Å². The molecule has 30 heavy (non-hydrogen) atoms. The number of rotatable bonds is 4. The Morgan fingerprint density at radius 1 is 1.23 bits per heavy atom. The fourth-order valence-electron chi connectivity index (χ4n) is 3.47. The van der Waals surface area contributed by atoms with E-state index in [-0.39, 0.29) is 12.8 Å². The summed E-state index contributed by atoms with van der Waals surface area (Å²) in [5.74, 6) is 0.481. The summed E-state index contributed by atoms with van der Waals surface area (Å²) in [6.07, 6.45) is 3.31. The molecule has 1 aromatic carbocycles. The topological polar surface area (TPSA) is 73.1 Å². The van der Waals surface area contributed by atoms with Crippen molar-refractivity contribution in [2.75, 3.05) is 35.3 Å². The van der Waals surface area contributed by atoms with Gasteiger partial charge in [-0.1, -0.05) is 23.2 Å². The molecule has 158 valence electrons. The molecule has 0 unspecified atom stereocenters. The monoisotopic (exact) mass is 453 g/mol. The maximum atomic E-state index is 14.1. The van der Waals surface area contributed by atoms with Crippen LogP contribution in [-0.2, 0) is 0 Å². The lowest BCUT2D eigenvalue weighted by Gasteiger charge is -2.35. The molecule has 0 aliphatic carbocycles. The maximum absolute atomic E-state index is 14.1. The summed E-state index contributed by atoms with van der Waals surface area (Å²) in [6, 6.07) is 6.44. The molecule has 1 fully saturated rings. The molecule has 2 amide bonds. The molecule has 10 heteroatoms. The number of pyridine rings is 1. The molecule has 0 saturated carbocycles. The number of benzene rings is 1. The minimum absolute atomic E-state index is 0.0819. The molecular formula is C20H19Cl2F2N5O. The van der Waals surface area contributed by atoms with Crippen molar-refractivity contribution in [3.63, 3.8) is 0 Å². The Bertz CT molecular complexity index is 1080. The number of piperidine rings is 1. The molecule has 1 saturated heterocycles. The maximum Gasteiger partial charge on any atom is 0.323 e. The first-order chi connectivity index (χ1) is 14.4. The smallest absolute Gasteiger partial charge is 0.323 e. The second-order valence-corrected chi connectivity index (χ2v) is 8.12. The highest BCUT2D eigenvalue weighted by Gasteiger charge is 2.35. The van der Waals surface area contributed by atoms with Gasteiger partial charge in [0.25, 0.3) is 0 Å². The predicted octanol–water partition coefficient (Wildman–Crippen LogP) is 5.79. The molecule has 0 spiro atoms. The van der Waals surface area contributed by atoms with E-state index in [1.54, 1.807) is 24.4 Å². The SMILES string of the molecule is O=C(Nc1cnc(N2CCC(F)(CF)CC2)c(Cl)c1)Nc1c[nH]c2ccc(Cl)cc12. The van der Waals surface area contributed by atoms with Gasteiger partial charge in [-0.3, -0.25) is 0 Å². The zero-order valence-corrected chi connectivity index (χ0v) is 17.3. The third kappa shape index (κ3) is 4.29. The van der Waals surface area contributed by atoms with Crippen LogP contribution in [0.2, 0.25) is 10.0 Å². The van der Waals surface area contributed by atoms with Crippen LogP contribution in [0.15, 0.2) is 36.7 Å². The molecule has 1 aliphatic heterocycles. The van der Waals surface area contributed by atoms with Gasteiger partial charge in [0, 0.05) is 48.1 Å². The van der Waals surface area contributed by atoms with Gasteiger partial charge in [-0.25, -0.2) is 18.6 Å². The summed E-state index contributed by atoms with van der Waals surface area (Å²) < 4.78 is 26.9. The number of carbonyl (C=O) groups excluding carboxylic acids is 1. The summed E-state index contributed by atoms with van der Waals surface area (Å²) in [5, 5.41) is 7.10. The second-order valence-electron chi connectivity index (χ2n) is 7.27. The Hall–Kier alpha value is -2.58. The summed E-state index contributed by atoms with van der Waals surface area (Å²) >= 11 is 12.4. The van der Waals surface area contributed by atoms with Gasteiger partial charge in [0.1, 0.15) is 18.2 Å². The second kappa shape index (κ2) is 8.28. The van der Waals surface area contributed by atoms with E-state index in [2.05, 4.69) is 20.6 Å². The molecule has 3 aromatic rings. The highest BCUT2D eigenvalue weighted by Crippen LogP contribution is 2.33. The minimum Gasteiger partial charge on any atom is -0.359 e. The van der Waals surface area contributed by atoms with Crippen molar-refractivity contribution in [1.82, 2.24) is 9.97 Å². The van der Waals surface area contributed by atoms with Gasteiger partial charge >= 0.3 is 6.03 Å². The van der Waals surface area contributed by atoms with Crippen molar-refractivity contribution < 1.29 is 13.6 Å². The third-order valence-corrected chi connectivity index (χ3v) is 5.68. The number of nitrogens with zero attached hydrogens (tertiary/aromatic N) is 2. The normalized spacial score (nSPS) is 15.9. The van der Waals surface area contributed by atoms with E-state index >= 15 is 0 Å². The standard InChI is InChI=1S/C20H19Cl2F2N5O/c21-12-1-2-16-14(7-12)17(10-25-16)28-19(30)27-13-8-15(22)18(26-9-13)29-5-3-20(24,11-23)4-6-29/h1-2,7-10,25H,3-6,11H2,(H2,27,28,30). The number of fused-ring (bicyclic) bond motifs is 1. The molecule has 2 aromatic heterocycles. The number of hydrogen-bond donors (Lipinski definition) is 3. The number of hydrogen-bond acceptors (Lipinski definition) is 3. The molecular weight excluding hydrogens is 435 g/mol. The number of aromatic amines is 1. The lowest BCUT2D eigenvalue weighted by atomic mass is 9.95. The first-order valence-electron chi connectivity index (χ1n) is 9.37. The Labute approximate surface area is 181 Å². The lowest BCUT2D eigenvalue weighted by Crippen LogP contribution is -2.43. The van der Waals surface area contributed by atoms with Crippen molar-refractivity contribution >= 4 is 57.3 Å². The molecule has 4 rings (SSSR count). The Kier molecular flexibility index (Phi) is 5.71. The number of anilines is 3. The quantitative estimate of drug-likeness (QED) is 0.467. The molecule has 0 bridgehead atoms. The largest absolute Gasteiger partial charge is 0.359 e. The average Bonchev–Trinajstić information content (AvgIpc) is 3.11. The fourth-order valence-corrected chi connectivity index (χ4v) is 3.92. The number of amides is 2. The van der Waals surface area contributed by atoms with Crippen LogP contribution in [-0.4, -0.2) is 41.4 Å². The first kappa shape index (κ1) is 20.7. The molecule has 0 radical (unpaired) electrons. The molecule has 3 heterocycles. The van der Waals surface area contributed by atoms with Crippen LogP contribution >= 0.6 is 23.2 Å². The van der Waals surface area contributed by atoms with Crippen molar-refractivity contribution in [3.8, 4) is 0 Å². The van der Waals surface area contributed by atoms with Gasteiger partial charge in [-0.2, -0.15) is 0 Å². The van der Waals surface area contributed by atoms with Gasteiger partial charge in [-0.15, -0.1) is 0 Å². The Morgan fingerprint density at radius 3 is 2.70 bits per heavy atom. The van der Waals surface area contributed by atoms with E-state index in [1.807, 2.05) is 11.0 Å². The van der Waals surface area contributed by atoms with E-state index in [4.69, 9.17) is 23.2 Å². The molecule has 6 nitrogen and oxygen atoms in total. The molecule has 0 atom stereocenters. The first-order valence-corrected chi connectivity index (χ1v) is 10.1. The minimum atomic E-state index is -1.77.